The minimum absolute atomic E-state index is 0.339. The third-order valence-electron chi connectivity index (χ3n) is 2.07. The van der Waals surface area contributed by atoms with E-state index in [0.29, 0.717) is 0 Å². The molecule has 1 aliphatic heterocycles. The van der Waals surface area contributed by atoms with E-state index < -0.39 is 6.23 Å². The first kappa shape index (κ1) is 8.34. The molecule has 0 spiro atoms. The Hall–Kier alpha value is -1.26. The zero-order valence-corrected chi connectivity index (χ0v) is 7.45. The van der Waals surface area contributed by atoms with Crippen molar-refractivity contribution in [2.24, 2.45) is 11.5 Å². The van der Waals surface area contributed by atoms with Crippen LogP contribution in [0.4, 0.5) is 5.69 Å². The highest BCUT2D eigenvalue weighted by molar-refractivity contribution is 5.60. The second-order valence-electron chi connectivity index (χ2n) is 3.25. The number of hydrogen-bond acceptors (Lipinski definition) is 4. The molecule has 1 aromatic rings. The van der Waals surface area contributed by atoms with Crippen LogP contribution in [0.5, 0.6) is 5.75 Å². The monoisotopic (exact) mass is 179 g/mol. The number of aryl methyl sites for hydroxylation is 1. The third-order valence-corrected chi connectivity index (χ3v) is 2.07. The molecule has 2 unspecified atom stereocenters. The van der Waals surface area contributed by atoms with Crippen LogP contribution in [-0.2, 0) is 0 Å². The van der Waals surface area contributed by atoms with Gasteiger partial charge in [0.1, 0.15) is 11.9 Å². The van der Waals surface area contributed by atoms with Crippen molar-refractivity contribution in [1.82, 2.24) is 0 Å². The summed E-state index contributed by atoms with van der Waals surface area (Å²) in [6, 6.07) is 5.86. The molecular weight excluding hydrogens is 166 g/mol. The number of nitrogens with two attached hydrogens (primary N) is 2. The molecule has 4 heteroatoms. The van der Waals surface area contributed by atoms with Crippen LogP contribution in [0.3, 0.4) is 0 Å². The maximum Gasteiger partial charge on any atom is 0.181 e. The van der Waals surface area contributed by atoms with Crippen molar-refractivity contribution in [3.63, 3.8) is 0 Å². The summed E-state index contributed by atoms with van der Waals surface area (Å²) in [6.45, 7) is 2.02. The van der Waals surface area contributed by atoms with Crippen molar-refractivity contribution < 1.29 is 4.74 Å². The van der Waals surface area contributed by atoms with Gasteiger partial charge in [-0.15, -0.1) is 0 Å². The maximum atomic E-state index is 5.68. The standard InChI is InChI=1S/C9H13N3O/c1-5-2-3-7-6(4-5)12-8(10)9(11)13-7/h2-4,8-9,12H,10-11H2,1H3. The molecular formula is C9H13N3O. The number of nitrogens with one attached hydrogen (secondary N) is 1. The van der Waals surface area contributed by atoms with Gasteiger partial charge in [-0.25, -0.2) is 0 Å². The van der Waals surface area contributed by atoms with Crippen molar-refractivity contribution in [3.05, 3.63) is 23.8 Å². The van der Waals surface area contributed by atoms with Gasteiger partial charge in [-0.1, -0.05) is 6.07 Å². The van der Waals surface area contributed by atoms with Gasteiger partial charge in [-0.2, -0.15) is 0 Å². The smallest absolute Gasteiger partial charge is 0.181 e. The molecule has 4 nitrogen and oxygen atoms in total. The molecule has 1 aromatic carbocycles. The number of anilines is 1. The van der Waals surface area contributed by atoms with Crippen LogP contribution < -0.4 is 21.5 Å². The zero-order chi connectivity index (χ0) is 9.42. The first-order chi connectivity index (χ1) is 6.16. The molecule has 13 heavy (non-hydrogen) atoms. The summed E-state index contributed by atoms with van der Waals surface area (Å²) in [5.41, 5.74) is 13.4. The largest absolute Gasteiger partial charge is 0.470 e. The summed E-state index contributed by atoms with van der Waals surface area (Å²) in [5, 5.41) is 3.08. The van der Waals surface area contributed by atoms with E-state index in [2.05, 4.69) is 5.32 Å². The molecule has 0 aromatic heterocycles. The Labute approximate surface area is 76.9 Å². The van der Waals surface area contributed by atoms with E-state index in [1.54, 1.807) is 0 Å². The number of benzene rings is 1. The van der Waals surface area contributed by atoms with E-state index in [1.807, 2.05) is 25.1 Å². The number of fused-ring (bicyclic) bond motifs is 1. The van der Waals surface area contributed by atoms with Crippen LogP contribution >= 0.6 is 0 Å². The Kier molecular flexibility index (Phi) is 1.86. The molecule has 0 fully saturated rings. The Morgan fingerprint density at radius 2 is 2.15 bits per heavy atom. The first-order valence-electron chi connectivity index (χ1n) is 4.22. The molecule has 1 aliphatic rings. The van der Waals surface area contributed by atoms with Gasteiger partial charge in [0.05, 0.1) is 5.69 Å². The molecule has 0 saturated heterocycles. The van der Waals surface area contributed by atoms with E-state index >= 15 is 0 Å². The lowest BCUT2D eigenvalue weighted by Crippen LogP contribution is -2.52. The van der Waals surface area contributed by atoms with Crippen LogP contribution in [0.25, 0.3) is 0 Å². The number of rotatable bonds is 0. The average molecular weight is 179 g/mol. The topological polar surface area (TPSA) is 73.3 Å². The fraction of sp³-hybridized carbons (Fsp3) is 0.333. The minimum Gasteiger partial charge on any atom is -0.470 e. The summed E-state index contributed by atoms with van der Waals surface area (Å²) >= 11 is 0. The Balaban J connectivity index is 2.37. The Bertz CT molecular complexity index is 327. The maximum absolute atomic E-state index is 5.68. The van der Waals surface area contributed by atoms with Crippen LogP contribution in [0.1, 0.15) is 5.56 Å². The van der Waals surface area contributed by atoms with Gasteiger partial charge in [-0.05, 0) is 24.6 Å². The first-order valence-corrected chi connectivity index (χ1v) is 4.22. The van der Waals surface area contributed by atoms with E-state index in [4.69, 9.17) is 16.2 Å². The lowest BCUT2D eigenvalue weighted by Gasteiger charge is -2.30. The van der Waals surface area contributed by atoms with Crippen molar-refractivity contribution in [2.75, 3.05) is 5.32 Å². The third kappa shape index (κ3) is 1.46. The minimum atomic E-state index is -0.477. The molecule has 1 heterocycles. The van der Waals surface area contributed by atoms with Crippen LogP contribution in [0, 0.1) is 6.92 Å². The lowest BCUT2D eigenvalue weighted by atomic mass is 10.2. The van der Waals surface area contributed by atoms with Gasteiger partial charge in [0, 0.05) is 0 Å². The predicted molar refractivity (Wildman–Crippen MR) is 51.4 cm³/mol. The Morgan fingerprint density at radius 3 is 2.92 bits per heavy atom. The highest BCUT2D eigenvalue weighted by Gasteiger charge is 2.22. The number of hydrogen-bond donors (Lipinski definition) is 3. The molecule has 0 aliphatic carbocycles. The lowest BCUT2D eigenvalue weighted by molar-refractivity contribution is 0.177. The van der Waals surface area contributed by atoms with E-state index in [1.165, 1.54) is 0 Å². The predicted octanol–water partition coefficient (Wildman–Crippen LogP) is 0.369. The fourth-order valence-corrected chi connectivity index (χ4v) is 1.34. The van der Waals surface area contributed by atoms with Gasteiger partial charge < -0.3 is 15.8 Å². The summed E-state index contributed by atoms with van der Waals surface area (Å²) in [6.07, 6.45) is -0.815. The van der Waals surface area contributed by atoms with Crippen LogP contribution in [-0.4, -0.2) is 12.4 Å². The van der Waals surface area contributed by atoms with E-state index in [-0.39, 0.29) is 6.17 Å². The molecule has 0 bridgehead atoms. The Morgan fingerprint density at radius 1 is 1.38 bits per heavy atom. The second kappa shape index (κ2) is 2.90. The molecule has 5 N–H and O–H groups in total. The van der Waals surface area contributed by atoms with Gasteiger partial charge >= 0.3 is 0 Å². The highest BCUT2D eigenvalue weighted by Crippen LogP contribution is 2.29. The van der Waals surface area contributed by atoms with Crippen molar-refractivity contribution in [1.29, 1.82) is 0 Å². The average Bonchev–Trinajstić information content (AvgIpc) is 2.08. The summed E-state index contributed by atoms with van der Waals surface area (Å²) in [5.74, 6) is 0.764. The van der Waals surface area contributed by atoms with Crippen LogP contribution in [0.2, 0.25) is 0 Å². The fourth-order valence-electron chi connectivity index (χ4n) is 1.34. The molecule has 0 amide bonds. The number of ether oxygens (including phenoxy) is 1. The SMILES string of the molecule is Cc1ccc2c(c1)NC(N)C(N)O2. The van der Waals surface area contributed by atoms with Crippen molar-refractivity contribution in [3.8, 4) is 5.75 Å². The van der Waals surface area contributed by atoms with Crippen LogP contribution in [0.15, 0.2) is 18.2 Å². The summed E-state index contributed by atoms with van der Waals surface area (Å²) in [7, 11) is 0. The molecule has 0 radical (unpaired) electrons. The quantitative estimate of drug-likeness (QED) is 0.538. The highest BCUT2D eigenvalue weighted by atomic mass is 16.5. The molecule has 2 atom stereocenters. The van der Waals surface area contributed by atoms with Gasteiger partial charge in [0.25, 0.3) is 0 Å². The second-order valence-corrected chi connectivity index (χ2v) is 3.25. The van der Waals surface area contributed by atoms with E-state index in [0.717, 1.165) is 17.0 Å². The summed E-state index contributed by atoms with van der Waals surface area (Å²) < 4.78 is 5.39. The van der Waals surface area contributed by atoms with Gasteiger partial charge in [0.15, 0.2) is 6.23 Å². The molecule has 70 valence electrons. The summed E-state index contributed by atoms with van der Waals surface area (Å²) in [4.78, 5) is 0. The van der Waals surface area contributed by atoms with Crippen molar-refractivity contribution >= 4 is 5.69 Å². The molecule has 0 saturated carbocycles. The van der Waals surface area contributed by atoms with Gasteiger partial charge in [0.2, 0.25) is 0 Å². The molecule has 2 rings (SSSR count). The normalized spacial score (nSPS) is 25.8. The zero-order valence-electron chi connectivity index (χ0n) is 7.45. The van der Waals surface area contributed by atoms with Gasteiger partial charge in [-0.3, -0.25) is 5.73 Å². The van der Waals surface area contributed by atoms with Crippen molar-refractivity contribution in [2.45, 2.75) is 19.3 Å². The van der Waals surface area contributed by atoms with E-state index in [9.17, 15) is 0 Å².